The largest absolute Gasteiger partial charge is 0.384 e. The van der Waals surface area contributed by atoms with Gasteiger partial charge in [0, 0.05) is 40.1 Å². The average Bonchev–Trinajstić information content (AvgIpc) is 2.83. The van der Waals surface area contributed by atoms with Crippen LogP contribution >= 0.6 is 0 Å². The van der Waals surface area contributed by atoms with Gasteiger partial charge >= 0.3 is 0 Å². The minimum atomic E-state index is -1.09. The summed E-state index contributed by atoms with van der Waals surface area (Å²) < 4.78 is 12.4. The van der Waals surface area contributed by atoms with Crippen molar-refractivity contribution in [2.24, 2.45) is 0 Å². The van der Waals surface area contributed by atoms with Crippen molar-refractivity contribution in [1.82, 2.24) is 9.97 Å². The van der Waals surface area contributed by atoms with Gasteiger partial charge in [-0.3, -0.25) is 4.98 Å². The van der Waals surface area contributed by atoms with Gasteiger partial charge in [0.2, 0.25) is 0 Å². The Bertz CT molecular complexity index is 1040. The van der Waals surface area contributed by atoms with Crippen molar-refractivity contribution in [2.75, 3.05) is 11.1 Å². The predicted octanol–water partition coefficient (Wildman–Crippen LogP) is 3.75. The normalized spacial score (nSPS) is 16.1. The molecule has 1 atom stereocenters. The molecule has 24 heavy (non-hydrogen) atoms. The van der Waals surface area contributed by atoms with Gasteiger partial charge in [-0.25, -0.2) is 9.19 Å². The second-order valence-electron chi connectivity index (χ2n) is 5.84. The standard InChI is InChI=1S/C18H16N4OS/c1-10-9-21-18(19)8-15(10)22-14-3-4-20-16-6-12-5-11(2)24(23)17(12)7-13(14)16/h3-9H,1-2H3,(H3,19,20,21,22). The Labute approximate surface area is 142 Å². The number of pyridine rings is 2. The molecule has 3 aromatic rings. The van der Waals surface area contributed by atoms with E-state index in [1.807, 2.05) is 38.1 Å². The number of benzene rings is 1. The maximum atomic E-state index is 12.4. The molecule has 3 N–H and O–H groups in total. The highest BCUT2D eigenvalue weighted by molar-refractivity contribution is 7.89. The van der Waals surface area contributed by atoms with Gasteiger partial charge in [-0.15, -0.1) is 0 Å². The first-order chi connectivity index (χ1) is 11.5. The quantitative estimate of drug-likeness (QED) is 0.745. The summed E-state index contributed by atoms with van der Waals surface area (Å²) >= 11 is 0. The molecule has 1 aliphatic heterocycles. The minimum Gasteiger partial charge on any atom is -0.384 e. The number of rotatable bonds is 2. The van der Waals surface area contributed by atoms with E-state index < -0.39 is 10.8 Å². The number of nitrogen functional groups attached to an aromatic ring is 1. The Balaban J connectivity index is 1.86. The van der Waals surface area contributed by atoms with Crippen LogP contribution in [0.3, 0.4) is 0 Å². The molecular weight excluding hydrogens is 320 g/mol. The predicted molar refractivity (Wildman–Crippen MR) is 98.5 cm³/mol. The lowest BCUT2D eigenvalue weighted by Gasteiger charge is -2.13. The zero-order chi connectivity index (χ0) is 16.8. The van der Waals surface area contributed by atoms with Gasteiger partial charge in [-0.05, 0) is 49.2 Å². The van der Waals surface area contributed by atoms with Gasteiger partial charge < -0.3 is 11.1 Å². The number of hydrogen-bond acceptors (Lipinski definition) is 5. The van der Waals surface area contributed by atoms with Crippen LogP contribution in [-0.2, 0) is 10.8 Å². The first-order valence-corrected chi connectivity index (χ1v) is 8.70. The first kappa shape index (κ1) is 14.8. The van der Waals surface area contributed by atoms with E-state index >= 15 is 0 Å². The molecule has 2 aromatic heterocycles. The third kappa shape index (κ3) is 2.35. The highest BCUT2D eigenvalue weighted by atomic mass is 32.2. The van der Waals surface area contributed by atoms with Crippen LogP contribution in [0.2, 0.25) is 0 Å². The van der Waals surface area contributed by atoms with Crippen LogP contribution in [0.15, 0.2) is 46.5 Å². The Hall–Kier alpha value is -2.73. The van der Waals surface area contributed by atoms with E-state index in [0.29, 0.717) is 5.82 Å². The van der Waals surface area contributed by atoms with Crippen molar-refractivity contribution < 1.29 is 4.21 Å². The SMILES string of the molecule is CC1=Cc2cc3nccc(Nc4cc(N)ncc4C)c3cc2S1=O. The number of anilines is 3. The molecule has 1 unspecified atom stereocenters. The summed E-state index contributed by atoms with van der Waals surface area (Å²) in [4.78, 5) is 10.2. The number of fused-ring (bicyclic) bond motifs is 2. The molecule has 1 aromatic carbocycles. The zero-order valence-corrected chi connectivity index (χ0v) is 14.1. The van der Waals surface area contributed by atoms with E-state index in [2.05, 4.69) is 15.3 Å². The number of hydrogen-bond donors (Lipinski definition) is 2. The molecule has 120 valence electrons. The Morgan fingerprint density at radius 2 is 1.96 bits per heavy atom. The van der Waals surface area contributed by atoms with Gasteiger partial charge in [0.05, 0.1) is 21.2 Å². The molecule has 0 bridgehead atoms. The van der Waals surface area contributed by atoms with Gasteiger partial charge in [-0.1, -0.05) is 0 Å². The fourth-order valence-electron chi connectivity index (χ4n) is 2.84. The van der Waals surface area contributed by atoms with Crippen LogP contribution in [-0.4, -0.2) is 14.2 Å². The van der Waals surface area contributed by atoms with E-state index in [1.165, 1.54) is 0 Å². The average molecular weight is 336 g/mol. The van der Waals surface area contributed by atoms with Gasteiger partial charge in [-0.2, -0.15) is 0 Å². The van der Waals surface area contributed by atoms with Crippen LogP contribution < -0.4 is 11.1 Å². The minimum absolute atomic E-state index is 0.461. The third-order valence-corrected chi connectivity index (χ3v) is 5.57. The van der Waals surface area contributed by atoms with E-state index in [4.69, 9.17) is 5.73 Å². The second kappa shape index (κ2) is 5.42. The van der Waals surface area contributed by atoms with Gasteiger partial charge in [0.1, 0.15) is 5.82 Å². The molecule has 3 heterocycles. The fourth-order valence-corrected chi connectivity index (χ4v) is 3.97. The van der Waals surface area contributed by atoms with Crippen LogP contribution in [0.5, 0.6) is 0 Å². The Kier molecular flexibility index (Phi) is 3.35. The summed E-state index contributed by atoms with van der Waals surface area (Å²) in [6.07, 6.45) is 5.46. The molecule has 0 aliphatic carbocycles. The zero-order valence-electron chi connectivity index (χ0n) is 13.3. The summed E-state index contributed by atoms with van der Waals surface area (Å²) in [6, 6.07) is 7.66. The lowest BCUT2D eigenvalue weighted by Crippen LogP contribution is -1.99. The summed E-state index contributed by atoms with van der Waals surface area (Å²) in [6.45, 7) is 3.86. The number of allylic oxidation sites excluding steroid dienone is 1. The third-order valence-electron chi connectivity index (χ3n) is 4.12. The van der Waals surface area contributed by atoms with Crippen LogP contribution in [0, 0.1) is 6.92 Å². The molecule has 0 radical (unpaired) electrons. The van der Waals surface area contributed by atoms with E-state index in [9.17, 15) is 4.21 Å². The van der Waals surface area contributed by atoms with Crippen molar-refractivity contribution in [3.63, 3.8) is 0 Å². The summed E-state index contributed by atoms with van der Waals surface area (Å²) in [5.74, 6) is 0.461. The monoisotopic (exact) mass is 336 g/mol. The number of nitrogens with zero attached hydrogens (tertiary/aromatic N) is 2. The Morgan fingerprint density at radius 3 is 2.79 bits per heavy atom. The number of nitrogens with one attached hydrogen (secondary N) is 1. The molecule has 0 saturated carbocycles. The molecule has 1 aliphatic rings. The van der Waals surface area contributed by atoms with Crippen LogP contribution in [0.4, 0.5) is 17.2 Å². The van der Waals surface area contributed by atoms with E-state index in [1.54, 1.807) is 18.5 Å². The number of aromatic nitrogens is 2. The lowest BCUT2D eigenvalue weighted by molar-refractivity contribution is 0.687. The lowest BCUT2D eigenvalue weighted by atomic mass is 10.1. The molecule has 0 fully saturated rings. The Morgan fingerprint density at radius 1 is 1.12 bits per heavy atom. The molecule has 4 rings (SSSR count). The summed E-state index contributed by atoms with van der Waals surface area (Å²) in [7, 11) is -1.09. The van der Waals surface area contributed by atoms with Gasteiger partial charge in [0.25, 0.3) is 0 Å². The smallest absolute Gasteiger partial charge is 0.125 e. The van der Waals surface area contributed by atoms with Crippen molar-refractivity contribution in [3.05, 3.63) is 52.7 Å². The van der Waals surface area contributed by atoms with E-state index in [-0.39, 0.29) is 0 Å². The molecule has 0 saturated heterocycles. The second-order valence-corrected chi connectivity index (χ2v) is 7.46. The van der Waals surface area contributed by atoms with Crippen LogP contribution in [0.1, 0.15) is 18.1 Å². The highest BCUT2D eigenvalue weighted by Crippen LogP contribution is 2.35. The molecule has 0 spiro atoms. The molecule has 5 nitrogen and oxygen atoms in total. The molecular formula is C18H16N4OS. The number of nitrogens with two attached hydrogens (primary N) is 1. The van der Waals surface area contributed by atoms with Crippen molar-refractivity contribution in [1.29, 1.82) is 0 Å². The van der Waals surface area contributed by atoms with E-state index in [0.717, 1.165) is 43.2 Å². The maximum absolute atomic E-state index is 12.4. The number of aryl methyl sites for hydroxylation is 1. The van der Waals surface area contributed by atoms with Crippen molar-refractivity contribution in [3.8, 4) is 0 Å². The fraction of sp³-hybridized carbons (Fsp3) is 0.111. The van der Waals surface area contributed by atoms with Gasteiger partial charge in [0.15, 0.2) is 0 Å². The maximum Gasteiger partial charge on any atom is 0.125 e. The van der Waals surface area contributed by atoms with Crippen LogP contribution in [0.25, 0.3) is 17.0 Å². The first-order valence-electron chi connectivity index (χ1n) is 7.55. The molecule has 6 heteroatoms. The summed E-state index contributed by atoms with van der Waals surface area (Å²) in [5.41, 5.74) is 10.4. The summed E-state index contributed by atoms with van der Waals surface area (Å²) in [5, 5.41) is 4.33. The highest BCUT2D eigenvalue weighted by Gasteiger charge is 2.19. The topological polar surface area (TPSA) is 80.9 Å². The van der Waals surface area contributed by atoms with Crippen molar-refractivity contribution >= 4 is 45.0 Å². The molecule has 0 amide bonds. The van der Waals surface area contributed by atoms with Crippen molar-refractivity contribution in [2.45, 2.75) is 18.7 Å².